The fraction of sp³-hybridized carbons (Fsp3) is 0.462. The fourth-order valence-corrected chi connectivity index (χ4v) is 4.90. The second-order valence-corrected chi connectivity index (χ2v) is 10.3. The summed E-state index contributed by atoms with van der Waals surface area (Å²) in [4.78, 5) is 12.7. The van der Waals surface area contributed by atoms with Crippen LogP contribution in [0.5, 0.6) is 0 Å². The maximum atomic E-state index is 13.2. The van der Waals surface area contributed by atoms with Crippen LogP contribution in [0.1, 0.15) is 79.3 Å². The maximum Gasteiger partial charge on any atom is 0.416 e. The average molecular weight is 524 g/mol. The van der Waals surface area contributed by atoms with E-state index in [9.17, 15) is 26.4 Å². The maximum absolute atomic E-state index is 13.2. The SMILES string of the molecule is N#CCCCCCCCCCCNC(=O)c1cc(C(F)(F)F)ccc1NS(=O)(=O)Cc1ccccc1. The summed E-state index contributed by atoms with van der Waals surface area (Å²) in [6.07, 6.45) is 3.56. The summed E-state index contributed by atoms with van der Waals surface area (Å²) in [7, 11) is -3.96. The summed E-state index contributed by atoms with van der Waals surface area (Å²) < 4.78 is 67.2. The first-order valence-electron chi connectivity index (χ1n) is 12.0. The van der Waals surface area contributed by atoms with Gasteiger partial charge in [0, 0.05) is 13.0 Å². The first-order valence-corrected chi connectivity index (χ1v) is 13.7. The molecule has 10 heteroatoms. The monoisotopic (exact) mass is 523 g/mol. The van der Waals surface area contributed by atoms with Gasteiger partial charge >= 0.3 is 6.18 Å². The van der Waals surface area contributed by atoms with Crippen LogP contribution in [-0.2, 0) is 22.0 Å². The number of sulfonamides is 1. The molecular weight excluding hydrogens is 491 g/mol. The Morgan fingerprint density at radius 3 is 2.11 bits per heavy atom. The van der Waals surface area contributed by atoms with E-state index in [1.807, 2.05) is 0 Å². The largest absolute Gasteiger partial charge is 0.416 e. The second kappa shape index (κ2) is 14.5. The van der Waals surface area contributed by atoms with Crippen molar-refractivity contribution in [3.8, 4) is 6.07 Å². The Bertz CT molecular complexity index is 1110. The van der Waals surface area contributed by atoms with E-state index in [4.69, 9.17) is 5.26 Å². The molecule has 1 amide bonds. The van der Waals surface area contributed by atoms with Gasteiger partial charge in [-0.3, -0.25) is 9.52 Å². The predicted molar refractivity (Wildman–Crippen MR) is 134 cm³/mol. The number of carbonyl (C=O) groups is 1. The Labute approximate surface area is 211 Å². The minimum absolute atomic E-state index is 0.201. The molecule has 2 N–H and O–H groups in total. The average Bonchev–Trinajstić information content (AvgIpc) is 2.82. The Hall–Kier alpha value is -3.06. The number of nitrogens with one attached hydrogen (secondary N) is 2. The highest BCUT2D eigenvalue weighted by molar-refractivity contribution is 7.91. The summed E-state index contributed by atoms with van der Waals surface area (Å²) in [5.41, 5.74) is -1.11. The van der Waals surface area contributed by atoms with E-state index >= 15 is 0 Å². The molecule has 0 saturated heterocycles. The number of halogens is 3. The van der Waals surface area contributed by atoms with Crippen LogP contribution >= 0.6 is 0 Å². The number of alkyl halides is 3. The molecule has 0 radical (unpaired) electrons. The highest BCUT2D eigenvalue weighted by atomic mass is 32.2. The van der Waals surface area contributed by atoms with Crippen molar-refractivity contribution in [2.75, 3.05) is 11.3 Å². The van der Waals surface area contributed by atoms with E-state index in [1.165, 1.54) is 0 Å². The van der Waals surface area contributed by atoms with Gasteiger partial charge in [0.25, 0.3) is 5.91 Å². The van der Waals surface area contributed by atoms with Crippen LogP contribution in [0.25, 0.3) is 0 Å². The molecule has 0 aliphatic heterocycles. The number of benzene rings is 2. The van der Waals surface area contributed by atoms with Gasteiger partial charge < -0.3 is 5.32 Å². The van der Waals surface area contributed by atoms with Gasteiger partial charge in [-0.05, 0) is 36.6 Å². The van der Waals surface area contributed by atoms with Gasteiger partial charge in [-0.25, -0.2) is 8.42 Å². The lowest BCUT2D eigenvalue weighted by molar-refractivity contribution is -0.137. The number of amides is 1. The zero-order chi connectivity index (χ0) is 26.4. The zero-order valence-electron chi connectivity index (χ0n) is 20.1. The summed E-state index contributed by atoms with van der Waals surface area (Å²) in [6.45, 7) is 0.271. The third-order valence-electron chi connectivity index (χ3n) is 5.56. The molecule has 0 heterocycles. The van der Waals surface area contributed by atoms with Crippen molar-refractivity contribution in [3.63, 3.8) is 0 Å². The van der Waals surface area contributed by atoms with E-state index in [0.717, 1.165) is 57.1 Å². The third kappa shape index (κ3) is 10.7. The number of hydrogen-bond donors (Lipinski definition) is 2. The quantitative estimate of drug-likeness (QED) is 0.264. The van der Waals surface area contributed by atoms with Gasteiger partial charge in [0.2, 0.25) is 10.0 Å². The zero-order valence-corrected chi connectivity index (χ0v) is 20.9. The molecule has 0 saturated carbocycles. The highest BCUT2D eigenvalue weighted by Crippen LogP contribution is 2.32. The molecule has 0 aliphatic carbocycles. The van der Waals surface area contributed by atoms with E-state index in [-0.39, 0.29) is 23.5 Å². The second-order valence-electron chi connectivity index (χ2n) is 8.60. The van der Waals surface area contributed by atoms with Crippen molar-refractivity contribution in [1.82, 2.24) is 5.32 Å². The van der Waals surface area contributed by atoms with Crippen LogP contribution in [0.4, 0.5) is 18.9 Å². The van der Waals surface area contributed by atoms with E-state index in [0.29, 0.717) is 24.5 Å². The molecule has 36 heavy (non-hydrogen) atoms. The number of rotatable bonds is 15. The Morgan fingerprint density at radius 2 is 1.50 bits per heavy atom. The van der Waals surface area contributed by atoms with E-state index in [2.05, 4.69) is 16.1 Å². The van der Waals surface area contributed by atoms with Crippen LogP contribution in [0.2, 0.25) is 0 Å². The first-order chi connectivity index (χ1) is 17.1. The Kier molecular flexibility index (Phi) is 11.7. The Balaban J connectivity index is 1.94. The first kappa shape index (κ1) is 29.2. The highest BCUT2D eigenvalue weighted by Gasteiger charge is 2.32. The molecule has 6 nitrogen and oxygen atoms in total. The molecule has 2 aromatic rings. The standard InChI is InChI=1S/C26H32F3N3O3S/c27-26(28,29)22-15-16-24(32-36(34,35)20-21-13-9-8-10-14-21)23(19-22)25(33)31-18-12-7-5-3-1-2-4-6-11-17-30/h8-10,13-16,19,32H,1-7,11-12,18,20H2,(H,31,33). The summed E-state index contributed by atoms with van der Waals surface area (Å²) in [5, 5.41) is 11.1. The third-order valence-corrected chi connectivity index (χ3v) is 6.80. The number of anilines is 1. The lowest BCUT2D eigenvalue weighted by Crippen LogP contribution is -2.27. The van der Waals surface area contributed by atoms with Gasteiger partial charge in [0.05, 0.1) is 28.6 Å². The minimum atomic E-state index is -4.68. The van der Waals surface area contributed by atoms with Crippen molar-refractivity contribution in [2.24, 2.45) is 0 Å². The van der Waals surface area contributed by atoms with Crippen LogP contribution in [0.3, 0.4) is 0 Å². The predicted octanol–water partition coefficient (Wildman–Crippen LogP) is 6.41. The molecule has 2 rings (SSSR count). The smallest absolute Gasteiger partial charge is 0.352 e. The summed E-state index contributed by atoms with van der Waals surface area (Å²) in [6, 6.07) is 12.8. The van der Waals surface area contributed by atoms with Crippen LogP contribution < -0.4 is 10.0 Å². The molecule has 196 valence electrons. The molecule has 0 aliphatic rings. The number of nitriles is 1. The van der Waals surface area contributed by atoms with Gasteiger partial charge in [-0.15, -0.1) is 0 Å². The van der Waals surface area contributed by atoms with Crippen LogP contribution in [-0.4, -0.2) is 20.9 Å². The lowest BCUT2D eigenvalue weighted by atomic mass is 10.1. The van der Waals surface area contributed by atoms with Crippen LogP contribution in [0.15, 0.2) is 48.5 Å². The van der Waals surface area contributed by atoms with Crippen molar-refractivity contribution < 1.29 is 26.4 Å². The van der Waals surface area contributed by atoms with E-state index < -0.39 is 27.7 Å². The molecule has 0 bridgehead atoms. The molecule has 0 fully saturated rings. The minimum Gasteiger partial charge on any atom is -0.352 e. The van der Waals surface area contributed by atoms with E-state index in [1.54, 1.807) is 30.3 Å². The molecule has 0 atom stereocenters. The normalized spacial score (nSPS) is 11.6. The molecule has 0 unspecified atom stereocenters. The van der Waals surface area contributed by atoms with Gasteiger partial charge in [-0.1, -0.05) is 68.9 Å². The summed E-state index contributed by atoms with van der Waals surface area (Å²) >= 11 is 0. The van der Waals surface area contributed by atoms with Crippen molar-refractivity contribution >= 4 is 21.6 Å². The van der Waals surface area contributed by atoms with Gasteiger partial charge in [0.15, 0.2) is 0 Å². The summed E-state index contributed by atoms with van der Waals surface area (Å²) in [5.74, 6) is -1.15. The number of hydrogen-bond acceptors (Lipinski definition) is 4. The number of unbranched alkanes of at least 4 members (excludes halogenated alkanes) is 8. The molecule has 2 aromatic carbocycles. The van der Waals surface area contributed by atoms with Gasteiger partial charge in [0.1, 0.15) is 0 Å². The fourth-order valence-electron chi connectivity index (χ4n) is 3.68. The van der Waals surface area contributed by atoms with Gasteiger partial charge in [-0.2, -0.15) is 18.4 Å². The molecule has 0 spiro atoms. The van der Waals surface area contributed by atoms with Crippen molar-refractivity contribution in [1.29, 1.82) is 5.26 Å². The topological polar surface area (TPSA) is 99.1 Å². The van der Waals surface area contributed by atoms with Crippen molar-refractivity contribution in [3.05, 3.63) is 65.2 Å². The number of nitrogens with zero attached hydrogens (tertiary/aromatic N) is 1. The van der Waals surface area contributed by atoms with Crippen molar-refractivity contribution in [2.45, 2.75) is 69.7 Å². The Morgan fingerprint density at radius 1 is 0.889 bits per heavy atom. The molecular formula is C26H32F3N3O3S. The molecule has 0 aromatic heterocycles. The van der Waals surface area contributed by atoms with Crippen LogP contribution in [0, 0.1) is 11.3 Å². The number of carbonyl (C=O) groups excluding carboxylic acids is 1. The lowest BCUT2D eigenvalue weighted by Gasteiger charge is -2.15.